The second-order valence-corrected chi connectivity index (χ2v) is 8.23. The largest absolute Gasteiger partial charge is 0.403 e. The van der Waals surface area contributed by atoms with Gasteiger partial charge in [-0.2, -0.15) is 0 Å². The Kier molecular flexibility index (Phi) is 6.27. The maximum atomic E-state index is 6.01. The molecule has 146 valence electrons. The van der Waals surface area contributed by atoms with Crippen LogP contribution >= 0.6 is 0 Å². The molecular weight excluding hydrogens is 332 g/mol. The molecule has 1 unspecified atom stereocenters. The fraction of sp³-hybridized carbons (Fsp3) is 0.478. The minimum Gasteiger partial charge on any atom is -0.403 e. The number of hydrazine groups is 1. The van der Waals surface area contributed by atoms with Crippen molar-refractivity contribution in [2.75, 3.05) is 13.1 Å². The van der Waals surface area contributed by atoms with Gasteiger partial charge in [0.25, 0.3) is 0 Å². The van der Waals surface area contributed by atoms with Crippen LogP contribution in [0.1, 0.15) is 50.2 Å². The van der Waals surface area contributed by atoms with Crippen molar-refractivity contribution in [2.45, 2.75) is 46.0 Å². The molecule has 1 aromatic carbocycles. The fourth-order valence-electron chi connectivity index (χ4n) is 4.58. The molecule has 27 heavy (non-hydrogen) atoms. The van der Waals surface area contributed by atoms with E-state index in [1.165, 1.54) is 37.7 Å². The summed E-state index contributed by atoms with van der Waals surface area (Å²) in [5.74, 6) is 6.65. The van der Waals surface area contributed by atoms with Crippen LogP contribution in [0.5, 0.6) is 0 Å². The van der Waals surface area contributed by atoms with Crippen molar-refractivity contribution < 1.29 is 0 Å². The number of piperidine rings is 1. The van der Waals surface area contributed by atoms with E-state index in [2.05, 4.69) is 54.5 Å². The topological polar surface area (TPSA) is 67.3 Å². The summed E-state index contributed by atoms with van der Waals surface area (Å²) in [6, 6.07) is 8.25. The number of rotatable bonds is 5. The molecule has 4 heteroatoms. The molecule has 2 aliphatic rings. The van der Waals surface area contributed by atoms with Crippen LogP contribution in [0.2, 0.25) is 0 Å². The lowest BCUT2D eigenvalue weighted by atomic mass is 9.66. The first kappa shape index (κ1) is 19.6. The SMILES string of the molecule is Cc1ccccc1/C(=C/C(=C\N)N1CCC(C)(C2CC=CCC2)CC1)NN. The first-order valence-corrected chi connectivity index (χ1v) is 10.1. The molecule has 0 aromatic heterocycles. The van der Waals surface area contributed by atoms with E-state index < -0.39 is 0 Å². The first-order chi connectivity index (χ1) is 13.1. The Balaban J connectivity index is 1.72. The molecule has 1 aliphatic carbocycles. The Bertz CT molecular complexity index is 724. The number of nitrogens with zero attached hydrogens (tertiary/aromatic N) is 1. The van der Waals surface area contributed by atoms with Crippen LogP contribution in [0.15, 0.2) is 54.4 Å². The molecule has 1 aromatic rings. The van der Waals surface area contributed by atoms with E-state index in [0.717, 1.165) is 36.0 Å². The number of nitrogens with two attached hydrogens (primary N) is 2. The van der Waals surface area contributed by atoms with Crippen LogP contribution in [0.3, 0.4) is 0 Å². The molecule has 3 rings (SSSR count). The van der Waals surface area contributed by atoms with E-state index in [1.54, 1.807) is 6.20 Å². The van der Waals surface area contributed by atoms with Gasteiger partial charge in [-0.3, -0.25) is 5.84 Å². The molecule has 1 fully saturated rings. The molecule has 0 saturated carbocycles. The zero-order chi connectivity index (χ0) is 19.3. The molecule has 1 aliphatic heterocycles. The highest BCUT2D eigenvalue weighted by atomic mass is 15.2. The maximum Gasteiger partial charge on any atom is 0.0581 e. The highest BCUT2D eigenvalue weighted by Crippen LogP contribution is 2.44. The lowest BCUT2D eigenvalue weighted by Crippen LogP contribution is -2.42. The van der Waals surface area contributed by atoms with Gasteiger partial charge in [-0.15, -0.1) is 0 Å². The van der Waals surface area contributed by atoms with Gasteiger partial charge in [0, 0.05) is 24.9 Å². The van der Waals surface area contributed by atoms with Crippen molar-refractivity contribution >= 4 is 5.70 Å². The number of nitrogens with one attached hydrogen (secondary N) is 1. The summed E-state index contributed by atoms with van der Waals surface area (Å²) < 4.78 is 0. The van der Waals surface area contributed by atoms with E-state index in [0.29, 0.717) is 5.41 Å². The van der Waals surface area contributed by atoms with Crippen LogP contribution in [0.25, 0.3) is 5.70 Å². The van der Waals surface area contributed by atoms with Gasteiger partial charge in [0.1, 0.15) is 0 Å². The summed E-state index contributed by atoms with van der Waals surface area (Å²) >= 11 is 0. The number of hydrogen-bond acceptors (Lipinski definition) is 4. The highest BCUT2D eigenvalue weighted by Gasteiger charge is 2.37. The Morgan fingerprint density at radius 2 is 1.96 bits per heavy atom. The van der Waals surface area contributed by atoms with Crippen molar-refractivity contribution in [3.05, 3.63) is 65.5 Å². The number of hydrogen-bond donors (Lipinski definition) is 3. The molecule has 4 nitrogen and oxygen atoms in total. The second-order valence-electron chi connectivity index (χ2n) is 8.23. The zero-order valence-corrected chi connectivity index (χ0v) is 16.7. The van der Waals surface area contributed by atoms with E-state index in [9.17, 15) is 0 Å². The van der Waals surface area contributed by atoms with Crippen LogP contribution in [0, 0.1) is 18.3 Å². The van der Waals surface area contributed by atoms with Gasteiger partial charge in [-0.1, -0.05) is 43.3 Å². The molecule has 1 atom stereocenters. The van der Waals surface area contributed by atoms with Gasteiger partial charge in [0.05, 0.1) is 11.4 Å². The molecule has 0 bridgehead atoms. The van der Waals surface area contributed by atoms with Crippen LogP contribution in [-0.4, -0.2) is 18.0 Å². The van der Waals surface area contributed by atoms with Crippen LogP contribution < -0.4 is 17.0 Å². The van der Waals surface area contributed by atoms with Crippen molar-refractivity contribution in [1.29, 1.82) is 0 Å². The summed E-state index contributed by atoms with van der Waals surface area (Å²) in [5, 5.41) is 0. The summed E-state index contributed by atoms with van der Waals surface area (Å²) in [6.45, 7) is 6.66. The third-order valence-corrected chi connectivity index (χ3v) is 6.58. The summed E-state index contributed by atoms with van der Waals surface area (Å²) in [5.41, 5.74) is 13.5. The molecule has 0 radical (unpaired) electrons. The number of benzene rings is 1. The summed E-state index contributed by atoms with van der Waals surface area (Å²) in [4.78, 5) is 2.40. The minimum atomic E-state index is 0.440. The zero-order valence-electron chi connectivity index (χ0n) is 16.7. The monoisotopic (exact) mass is 366 g/mol. The Morgan fingerprint density at radius 3 is 2.56 bits per heavy atom. The number of allylic oxidation sites excluding steroid dienone is 3. The Morgan fingerprint density at radius 1 is 1.22 bits per heavy atom. The van der Waals surface area contributed by atoms with Crippen molar-refractivity contribution in [3.63, 3.8) is 0 Å². The standard InChI is InChI=1S/C23H34N4/c1-18-8-6-7-11-21(18)22(26-25)16-20(17-24)27-14-12-23(2,13-15-27)19-9-4-3-5-10-19/h3-4,6-8,11,16-17,19,26H,5,9-10,12-15,24-25H2,1-2H3/b20-17+,22-16-. The lowest BCUT2D eigenvalue weighted by Gasteiger charge is -2.46. The van der Waals surface area contributed by atoms with Gasteiger partial charge in [0.2, 0.25) is 0 Å². The van der Waals surface area contributed by atoms with Gasteiger partial charge in [-0.25, -0.2) is 0 Å². The quantitative estimate of drug-likeness (QED) is 0.318. The normalized spacial score (nSPS) is 23.4. The van der Waals surface area contributed by atoms with E-state index in [4.69, 9.17) is 11.6 Å². The summed E-state index contributed by atoms with van der Waals surface area (Å²) in [6.07, 6.45) is 14.7. The first-order valence-electron chi connectivity index (χ1n) is 10.1. The van der Waals surface area contributed by atoms with Crippen molar-refractivity contribution in [1.82, 2.24) is 10.3 Å². The average molecular weight is 367 g/mol. The van der Waals surface area contributed by atoms with Crippen LogP contribution in [0.4, 0.5) is 0 Å². The van der Waals surface area contributed by atoms with Gasteiger partial charge in [-0.05, 0) is 62.0 Å². The minimum absolute atomic E-state index is 0.440. The smallest absolute Gasteiger partial charge is 0.0581 e. The predicted octanol–water partition coefficient (Wildman–Crippen LogP) is 4.06. The second kappa shape index (κ2) is 8.66. The molecule has 0 amide bonds. The third kappa shape index (κ3) is 4.38. The Hall–Kier alpha value is -2.20. The van der Waals surface area contributed by atoms with E-state index in [1.807, 2.05) is 12.1 Å². The maximum absolute atomic E-state index is 6.01. The fourth-order valence-corrected chi connectivity index (χ4v) is 4.58. The molecule has 0 spiro atoms. The highest BCUT2D eigenvalue weighted by molar-refractivity contribution is 5.68. The predicted molar refractivity (Wildman–Crippen MR) is 114 cm³/mol. The molecular formula is C23H34N4. The van der Waals surface area contributed by atoms with Gasteiger partial charge >= 0.3 is 0 Å². The van der Waals surface area contributed by atoms with Gasteiger partial charge in [0.15, 0.2) is 0 Å². The van der Waals surface area contributed by atoms with Crippen LogP contribution in [-0.2, 0) is 0 Å². The summed E-state index contributed by atoms with van der Waals surface area (Å²) in [7, 11) is 0. The van der Waals surface area contributed by atoms with Crippen molar-refractivity contribution in [2.24, 2.45) is 22.9 Å². The molecule has 1 saturated heterocycles. The van der Waals surface area contributed by atoms with Crippen molar-refractivity contribution in [3.8, 4) is 0 Å². The number of likely N-dealkylation sites (tertiary alicyclic amines) is 1. The van der Waals surface area contributed by atoms with E-state index >= 15 is 0 Å². The molecule has 1 heterocycles. The average Bonchev–Trinajstić information content (AvgIpc) is 2.71. The number of aryl methyl sites for hydroxylation is 1. The third-order valence-electron chi connectivity index (χ3n) is 6.58. The van der Waals surface area contributed by atoms with E-state index in [-0.39, 0.29) is 0 Å². The lowest BCUT2D eigenvalue weighted by molar-refractivity contribution is 0.0752. The van der Waals surface area contributed by atoms with Gasteiger partial charge < -0.3 is 16.1 Å². The Labute approximate surface area is 164 Å². The molecule has 5 N–H and O–H groups in total.